The molecular weight excluding hydrogens is 297 g/mol. The summed E-state index contributed by atoms with van der Waals surface area (Å²) in [6.45, 7) is 4.14. The molecule has 1 aliphatic rings. The largest absolute Gasteiger partial charge is 0.391 e. The Kier molecular flexibility index (Phi) is 4.95. The number of hydrogen-bond donors (Lipinski definition) is 2. The first kappa shape index (κ1) is 15.6. The van der Waals surface area contributed by atoms with E-state index in [-0.39, 0.29) is 23.7 Å². The van der Waals surface area contributed by atoms with E-state index < -0.39 is 6.10 Å². The number of amides is 1. The van der Waals surface area contributed by atoms with Crippen LogP contribution in [0.15, 0.2) is 18.2 Å². The number of rotatable bonds is 5. The number of hydrogen-bond acceptors (Lipinski definition) is 2. The molecule has 0 saturated heterocycles. The molecule has 110 valence electrons. The zero-order chi connectivity index (χ0) is 14.9. The van der Waals surface area contributed by atoms with Gasteiger partial charge in [0, 0.05) is 22.5 Å². The lowest BCUT2D eigenvalue weighted by Crippen LogP contribution is -2.35. The summed E-state index contributed by atoms with van der Waals surface area (Å²) >= 11 is 12.0. The third-order valence-electron chi connectivity index (χ3n) is 3.74. The lowest BCUT2D eigenvalue weighted by Gasteiger charge is -2.15. The molecule has 1 fully saturated rings. The van der Waals surface area contributed by atoms with Gasteiger partial charge < -0.3 is 10.4 Å². The number of carbonyl (C=O) groups excluding carboxylic acids is 1. The van der Waals surface area contributed by atoms with Crippen LogP contribution in [0, 0.1) is 11.8 Å². The number of benzene rings is 1. The topological polar surface area (TPSA) is 49.3 Å². The van der Waals surface area contributed by atoms with Crippen LogP contribution in [0.3, 0.4) is 0 Å². The van der Waals surface area contributed by atoms with Gasteiger partial charge in [0.1, 0.15) is 0 Å². The van der Waals surface area contributed by atoms with Gasteiger partial charge in [-0.15, -0.1) is 0 Å². The van der Waals surface area contributed by atoms with Crippen LogP contribution in [0.25, 0.3) is 0 Å². The molecule has 1 saturated carbocycles. The molecule has 2 N–H and O–H groups in total. The minimum Gasteiger partial charge on any atom is -0.391 e. The van der Waals surface area contributed by atoms with E-state index in [1.54, 1.807) is 12.1 Å². The minimum atomic E-state index is -0.504. The highest BCUT2D eigenvalue weighted by Crippen LogP contribution is 2.49. The summed E-state index contributed by atoms with van der Waals surface area (Å²) in [6.07, 6.45) is 0.292. The molecule has 1 amide bonds. The Bertz CT molecular complexity index is 505. The molecule has 0 spiro atoms. The molecule has 3 unspecified atom stereocenters. The predicted molar refractivity (Wildman–Crippen MR) is 81.2 cm³/mol. The van der Waals surface area contributed by atoms with E-state index in [2.05, 4.69) is 5.32 Å². The second kappa shape index (κ2) is 6.33. The Hall–Kier alpha value is -0.770. The van der Waals surface area contributed by atoms with E-state index in [0.29, 0.717) is 16.6 Å². The SMILES string of the molecule is CC(C)C(O)CNC(=O)C1CC1c1ccc(Cl)cc1Cl. The van der Waals surface area contributed by atoms with Gasteiger partial charge in [0.2, 0.25) is 5.91 Å². The van der Waals surface area contributed by atoms with Crippen molar-refractivity contribution in [2.75, 3.05) is 6.54 Å². The highest BCUT2D eigenvalue weighted by atomic mass is 35.5. The van der Waals surface area contributed by atoms with Crippen LogP contribution in [0.2, 0.25) is 10.0 Å². The molecule has 2 rings (SSSR count). The number of nitrogens with one attached hydrogen (secondary N) is 1. The summed E-state index contributed by atoms with van der Waals surface area (Å²) in [5.74, 6) is 0.237. The second-order valence-electron chi connectivity index (χ2n) is 5.67. The van der Waals surface area contributed by atoms with Crippen LogP contribution in [-0.4, -0.2) is 23.7 Å². The molecule has 3 atom stereocenters. The summed E-state index contributed by atoms with van der Waals surface area (Å²) in [6, 6.07) is 5.37. The van der Waals surface area contributed by atoms with E-state index in [0.717, 1.165) is 12.0 Å². The average molecular weight is 316 g/mol. The Morgan fingerprint density at radius 1 is 1.45 bits per heavy atom. The smallest absolute Gasteiger partial charge is 0.223 e. The van der Waals surface area contributed by atoms with Crippen LogP contribution in [0.4, 0.5) is 0 Å². The summed E-state index contributed by atoms with van der Waals surface area (Å²) in [5, 5.41) is 13.7. The number of halogens is 2. The van der Waals surface area contributed by atoms with E-state index in [1.165, 1.54) is 0 Å². The predicted octanol–water partition coefficient (Wildman–Crippen LogP) is 3.23. The minimum absolute atomic E-state index is 0.0132. The van der Waals surface area contributed by atoms with Crippen LogP contribution in [0.5, 0.6) is 0 Å². The lowest BCUT2D eigenvalue weighted by atomic mass is 10.1. The quantitative estimate of drug-likeness (QED) is 0.876. The van der Waals surface area contributed by atoms with Crippen molar-refractivity contribution in [3.63, 3.8) is 0 Å². The fraction of sp³-hybridized carbons (Fsp3) is 0.533. The van der Waals surface area contributed by atoms with Crippen molar-refractivity contribution < 1.29 is 9.90 Å². The van der Waals surface area contributed by atoms with Gasteiger partial charge in [-0.3, -0.25) is 4.79 Å². The Labute approximate surface area is 129 Å². The van der Waals surface area contributed by atoms with Gasteiger partial charge in [-0.25, -0.2) is 0 Å². The van der Waals surface area contributed by atoms with Crippen LogP contribution in [0.1, 0.15) is 31.7 Å². The summed E-state index contributed by atoms with van der Waals surface area (Å²) < 4.78 is 0. The molecular formula is C15H19Cl2NO2. The number of carbonyl (C=O) groups is 1. The van der Waals surface area contributed by atoms with Gasteiger partial charge in [-0.1, -0.05) is 43.1 Å². The summed E-state index contributed by atoms with van der Waals surface area (Å²) in [5.41, 5.74) is 0.973. The number of aliphatic hydroxyl groups excluding tert-OH is 1. The van der Waals surface area contributed by atoms with Gasteiger partial charge in [-0.05, 0) is 36.0 Å². The third-order valence-corrected chi connectivity index (χ3v) is 4.31. The molecule has 1 aliphatic carbocycles. The first-order chi connectivity index (χ1) is 9.40. The van der Waals surface area contributed by atoms with Crippen LogP contribution >= 0.6 is 23.2 Å². The van der Waals surface area contributed by atoms with Crippen molar-refractivity contribution in [1.82, 2.24) is 5.32 Å². The molecule has 0 bridgehead atoms. The van der Waals surface area contributed by atoms with Crippen molar-refractivity contribution in [2.45, 2.75) is 32.3 Å². The van der Waals surface area contributed by atoms with Crippen molar-refractivity contribution in [3.8, 4) is 0 Å². The maximum Gasteiger partial charge on any atom is 0.223 e. The van der Waals surface area contributed by atoms with Crippen LogP contribution < -0.4 is 5.32 Å². The van der Waals surface area contributed by atoms with Gasteiger partial charge in [0.05, 0.1) is 6.10 Å². The fourth-order valence-corrected chi connectivity index (χ4v) is 2.75. The maximum atomic E-state index is 12.0. The second-order valence-corrected chi connectivity index (χ2v) is 6.51. The van der Waals surface area contributed by atoms with Gasteiger partial charge >= 0.3 is 0 Å². The first-order valence-electron chi connectivity index (χ1n) is 6.81. The zero-order valence-corrected chi connectivity index (χ0v) is 13.1. The zero-order valence-electron chi connectivity index (χ0n) is 11.6. The lowest BCUT2D eigenvalue weighted by molar-refractivity contribution is -0.123. The third kappa shape index (κ3) is 3.66. The number of aliphatic hydroxyl groups is 1. The molecule has 0 aromatic heterocycles. The fourth-order valence-electron chi connectivity index (χ4n) is 2.20. The van der Waals surface area contributed by atoms with E-state index >= 15 is 0 Å². The molecule has 0 heterocycles. The van der Waals surface area contributed by atoms with Gasteiger partial charge in [0.25, 0.3) is 0 Å². The van der Waals surface area contributed by atoms with Crippen molar-refractivity contribution in [1.29, 1.82) is 0 Å². The van der Waals surface area contributed by atoms with E-state index in [4.69, 9.17) is 23.2 Å². The van der Waals surface area contributed by atoms with Crippen molar-refractivity contribution in [2.24, 2.45) is 11.8 Å². The highest BCUT2D eigenvalue weighted by Gasteiger charge is 2.44. The molecule has 20 heavy (non-hydrogen) atoms. The highest BCUT2D eigenvalue weighted by molar-refractivity contribution is 6.35. The molecule has 5 heteroatoms. The van der Waals surface area contributed by atoms with E-state index in [9.17, 15) is 9.90 Å². The molecule has 1 aromatic carbocycles. The van der Waals surface area contributed by atoms with Gasteiger partial charge in [-0.2, -0.15) is 0 Å². The Morgan fingerprint density at radius 2 is 2.15 bits per heavy atom. The summed E-state index contributed by atoms with van der Waals surface area (Å²) in [7, 11) is 0. The molecule has 0 radical (unpaired) electrons. The molecule has 3 nitrogen and oxygen atoms in total. The Morgan fingerprint density at radius 3 is 2.75 bits per heavy atom. The van der Waals surface area contributed by atoms with Crippen LogP contribution in [-0.2, 0) is 4.79 Å². The normalized spacial score (nSPS) is 22.7. The first-order valence-corrected chi connectivity index (χ1v) is 7.56. The van der Waals surface area contributed by atoms with Crippen molar-refractivity contribution in [3.05, 3.63) is 33.8 Å². The average Bonchev–Trinajstić information content (AvgIpc) is 3.15. The standard InChI is InChI=1S/C15H19Cl2NO2/c1-8(2)14(19)7-18-15(20)12-6-11(12)10-4-3-9(16)5-13(10)17/h3-5,8,11-12,14,19H,6-7H2,1-2H3,(H,18,20). The molecule has 0 aliphatic heterocycles. The van der Waals surface area contributed by atoms with Crippen molar-refractivity contribution >= 4 is 29.1 Å². The monoisotopic (exact) mass is 315 g/mol. The van der Waals surface area contributed by atoms with E-state index in [1.807, 2.05) is 19.9 Å². The Balaban J connectivity index is 1.89. The van der Waals surface area contributed by atoms with Gasteiger partial charge in [0.15, 0.2) is 0 Å². The molecule has 1 aromatic rings. The maximum absolute atomic E-state index is 12.0. The summed E-state index contributed by atoms with van der Waals surface area (Å²) in [4.78, 5) is 12.0.